The van der Waals surface area contributed by atoms with Crippen LogP contribution < -0.4 is 5.32 Å². The van der Waals surface area contributed by atoms with Crippen LogP contribution in [0.3, 0.4) is 0 Å². The van der Waals surface area contributed by atoms with E-state index in [1.54, 1.807) is 0 Å². The van der Waals surface area contributed by atoms with Crippen molar-refractivity contribution in [3.8, 4) is 0 Å². The molecule has 1 aromatic rings. The lowest BCUT2D eigenvalue weighted by molar-refractivity contribution is -0.137. The van der Waals surface area contributed by atoms with E-state index in [0.29, 0.717) is 6.54 Å². The van der Waals surface area contributed by atoms with Crippen LogP contribution in [0.4, 0.5) is 0 Å². The van der Waals surface area contributed by atoms with Crippen LogP contribution in [-0.4, -0.2) is 38.5 Å². The molecule has 0 aliphatic heterocycles. The smallest absolute Gasteiger partial charge is 0.325 e. The molecule has 1 amide bonds. The first-order valence-corrected chi connectivity index (χ1v) is 7.05. The monoisotopic (exact) mass is 280 g/mol. The van der Waals surface area contributed by atoms with Crippen molar-refractivity contribution in [1.29, 1.82) is 0 Å². The molecule has 0 spiro atoms. The second-order valence-corrected chi connectivity index (χ2v) is 5.24. The average Bonchev–Trinajstić information content (AvgIpc) is 3.04. The molecule has 2 N–H and O–H groups in total. The molecule has 0 radical (unpaired) electrons. The molecule has 0 saturated heterocycles. The van der Waals surface area contributed by atoms with Gasteiger partial charge in [-0.3, -0.25) is 9.59 Å². The van der Waals surface area contributed by atoms with Gasteiger partial charge in [0.05, 0.1) is 6.20 Å². The Morgan fingerprint density at radius 3 is 2.85 bits per heavy atom. The minimum absolute atomic E-state index is 0.159. The Balaban J connectivity index is 1.68. The Morgan fingerprint density at radius 1 is 1.40 bits per heavy atom. The van der Waals surface area contributed by atoms with E-state index in [0.717, 1.165) is 23.4 Å². The summed E-state index contributed by atoms with van der Waals surface area (Å²) in [6, 6.07) is 0. The highest BCUT2D eigenvalue weighted by Crippen LogP contribution is 2.28. The van der Waals surface area contributed by atoms with E-state index in [4.69, 9.17) is 5.11 Å². The van der Waals surface area contributed by atoms with Crippen molar-refractivity contribution < 1.29 is 14.7 Å². The summed E-state index contributed by atoms with van der Waals surface area (Å²) in [5.41, 5.74) is 0.159. The topological polar surface area (TPSA) is 97.1 Å². The highest BCUT2D eigenvalue weighted by molar-refractivity contribution is 5.91. The Bertz CT molecular complexity index is 466. The number of carboxylic acid groups (broad SMARTS) is 1. The highest BCUT2D eigenvalue weighted by Gasteiger charge is 2.15. The standard InChI is InChI=1S/C13H20N4O3/c18-12(19)9-17-8-11(15-16-17)13(20)14-7-3-6-10-4-1-2-5-10/h8,10H,1-7,9H2,(H,14,20)(H,18,19). The van der Waals surface area contributed by atoms with Gasteiger partial charge >= 0.3 is 5.97 Å². The molecule has 7 heteroatoms. The zero-order valence-corrected chi connectivity index (χ0v) is 11.4. The van der Waals surface area contributed by atoms with Crippen molar-refractivity contribution in [2.45, 2.75) is 45.1 Å². The number of hydrogen-bond acceptors (Lipinski definition) is 4. The van der Waals surface area contributed by atoms with Crippen LogP contribution in [0, 0.1) is 5.92 Å². The zero-order valence-electron chi connectivity index (χ0n) is 11.4. The minimum atomic E-state index is -1.02. The molecular formula is C13H20N4O3. The quantitative estimate of drug-likeness (QED) is 0.728. The number of carboxylic acids is 1. The number of nitrogens with zero attached hydrogens (tertiary/aromatic N) is 3. The maximum atomic E-state index is 11.8. The molecule has 1 fully saturated rings. The predicted molar refractivity (Wildman–Crippen MR) is 71.2 cm³/mol. The lowest BCUT2D eigenvalue weighted by atomic mass is 10.0. The fraction of sp³-hybridized carbons (Fsp3) is 0.692. The third-order valence-electron chi connectivity index (χ3n) is 3.62. The maximum Gasteiger partial charge on any atom is 0.325 e. The van der Waals surface area contributed by atoms with Crippen molar-refractivity contribution in [3.63, 3.8) is 0 Å². The Hall–Kier alpha value is -1.92. The third-order valence-corrected chi connectivity index (χ3v) is 3.62. The molecular weight excluding hydrogens is 260 g/mol. The van der Waals surface area contributed by atoms with Crippen LogP contribution in [0.5, 0.6) is 0 Å². The van der Waals surface area contributed by atoms with Crippen molar-refractivity contribution in [3.05, 3.63) is 11.9 Å². The first-order chi connectivity index (χ1) is 9.65. The third kappa shape index (κ3) is 4.32. The van der Waals surface area contributed by atoms with E-state index in [1.807, 2.05) is 0 Å². The summed E-state index contributed by atoms with van der Waals surface area (Å²) in [5, 5.41) is 18.6. The lowest BCUT2D eigenvalue weighted by Crippen LogP contribution is -2.25. The predicted octanol–water partition coefficient (Wildman–Crippen LogP) is 1.06. The van der Waals surface area contributed by atoms with Crippen molar-refractivity contribution in [2.24, 2.45) is 5.92 Å². The van der Waals surface area contributed by atoms with Crippen molar-refractivity contribution >= 4 is 11.9 Å². The molecule has 0 aromatic carbocycles. The van der Waals surface area contributed by atoms with Gasteiger partial charge in [-0.25, -0.2) is 4.68 Å². The summed E-state index contributed by atoms with van der Waals surface area (Å²) in [4.78, 5) is 22.3. The first kappa shape index (κ1) is 14.5. The zero-order chi connectivity index (χ0) is 14.4. The number of aliphatic carboxylic acids is 1. The molecule has 110 valence electrons. The van der Waals surface area contributed by atoms with Crippen molar-refractivity contribution in [1.82, 2.24) is 20.3 Å². The SMILES string of the molecule is O=C(O)Cn1cc(C(=O)NCCCC2CCCC2)nn1. The number of carbonyl (C=O) groups is 2. The fourth-order valence-corrected chi connectivity index (χ4v) is 2.60. The van der Waals surface area contributed by atoms with Crippen LogP contribution in [0.15, 0.2) is 6.20 Å². The molecule has 1 aliphatic rings. The largest absolute Gasteiger partial charge is 0.480 e. The molecule has 0 atom stereocenters. The van der Waals surface area contributed by atoms with E-state index >= 15 is 0 Å². The first-order valence-electron chi connectivity index (χ1n) is 7.05. The van der Waals surface area contributed by atoms with Crippen LogP contribution >= 0.6 is 0 Å². The van der Waals surface area contributed by atoms with Crippen molar-refractivity contribution in [2.75, 3.05) is 6.54 Å². The van der Waals surface area contributed by atoms with Crippen LogP contribution in [0.2, 0.25) is 0 Å². The normalized spacial score (nSPS) is 15.4. The van der Waals surface area contributed by atoms with Crippen LogP contribution in [0.1, 0.15) is 49.0 Å². The highest BCUT2D eigenvalue weighted by atomic mass is 16.4. The van der Waals surface area contributed by atoms with Gasteiger partial charge < -0.3 is 10.4 Å². The average molecular weight is 280 g/mol. The molecule has 20 heavy (non-hydrogen) atoms. The number of nitrogens with one attached hydrogen (secondary N) is 1. The number of rotatable bonds is 7. The van der Waals surface area contributed by atoms with Gasteiger partial charge in [0, 0.05) is 6.54 Å². The second kappa shape index (κ2) is 7.02. The van der Waals surface area contributed by atoms with Gasteiger partial charge in [0.2, 0.25) is 0 Å². The molecule has 0 bridgehead atoms. The summed E-state index contributed by atoms with van der Waals surface area (Å²) in [6.07, 6.45) is 8.79. The minimum Gasteiger partial charge on any atom is -0.480 e. The molecule has 0 unspecified atom stereocenters. The van der Waals surface area contributed by atoms with E-state index in [-0.39, 0.29) is 18.1 Å². The molecule has 1 heterocycles. The fourth-order valence-electron chi connectivity index (χ4n) is 2.60. The summed E-state index contributed by atoms with van der Waals surface area (Å²) >= 11 is 0. The van der Waals surface area contributed by atoms with Gasteiger partial charge in [0.15, 0.2) is 5.69 Å². The van der Waals surface area contributed by atoms with E-state index in [2.05, 4.69) is 15.6 Å². The van der Waals surface area contributed by atoms with E-state index < -0.39 is 5.97 Å². The van der Waals surface area contributed by atoms with E-state index in [1.165, 1.54) is 31.9 Å². The van der Waals surface area contributed by atoms with Gasteiger partial charge in [-0.15, -0.1) is 5.10 Å². The Morgan fingerprint density at radius 2 is 2.15 bits per heavy atom. The number of carbonyl (C=O) groups excluding carboxylic acids is 1. The maximum absolute atomic E-state index is 11.8. The van der Waals surface area contributed by atoms with Gasteiger partial charge in [-0.2, -0.15) is 0 Å². The summed E-state index contributed by atoms with van der Waals surface area (Å²) < 4.78 is 1.13. The molecule has 1 aromatic heterocycles. The van der Waals surface area contributed by atoms with Gasteiger partial charge in [0.25, 0.3) is 5.91 Å². The molecule has 7 nitrogen and oxygen atoms in total. The van der Waals surface area contributed by atoms with Crippen LogP contribution in [-0.2, 0) is 11.3 Å². The Labute approximate surface area is 117 Å². The Kier molecular flexibility index (Phi) is 5.09. The van der Waals surface area contributed by atoms with Gasteiger partial charge in [-0.05, 0) is 18.8 Å². The summed E-state index contributed by atoms with van der Waals surface area (Å²) in [7, 11) is 0. The molecule has 1 aliphatic carbocycles. The second-order valence-electron chi connectivity index (χ2n) is 5.24. The summed E-state index contributed by atoms with van der Waals surface area (Å²) in [6.45, 7) is 0.336. The van der Waals surface area contributed by atoms with Gasteiger partial charge in [-0.1, -0.05) is 30.9 Å². The van der Waals surface area contributed by atoms with Gasteiger partial charge in [0.1, 0.15) is 6.54 Å². The molecule has 1 saturated carbocycles. The number of hydrogen-bond donors (Lipinski definition) is 2. The van der Waals surface area contributed by atoms with E-state index in [9.17, 15) is 9.59 Å². The summed E-state index contributed by atoms with van der Waals surface area (Å²) in [5.74, 6) is -0.491. The van der Waals surface area contributed by atoms with Crippen LogP contribution in [0.25, 0.3) is 0 Å². The lowest BCUT2D eigenvalue weighted by Gasteiger charge is -2.08. The molecule has 2 rings (SSSR count). The number of amides is 1. The number of aromatic nitrogens is 3.